The fourth-order valence-electron chi connectivity index (χ4n) is 8.53. The van der Waals surface area contributed by atoms with E-state index < -0.39 is 49.5 Å². The molecular formula is C53H101NO8. The maximum atomic E-state index is 13.0. The van der Waals surface area contributed by atoms with Gasteiger partial charge in [-0.3, -0.25) is 4.79 Å². The highest BCUT2D eigenvalue weighted by Crippen LogP contribution is 2.23. The fraction of sp³-hybridized carbons (Fsp3) is 0.906. The molecule has 1 saturated heterocycles. The predicted octanol–water partition coefficient (Wildman–Crippen LogP) is 12.2. The van der Waals surface area contributed by atoms with Gasteiger partial charge in [0.05, 0.1) is 25.4 Å². The van der Waals surface area contributed by atoms with Crippen LogP contribution in [0.3, 0.4) is 0 Å². The molecule has 9 nitrogen and oxygen atoms in total. The van der Waals surface area contributed by atoms with Crippen LogP contribution in [-0.2, 0) is 14.3 Å². The average Bonchev–Trinajstić information content (AvgIpc) is 3.27. The molecule has 0 aromatic carbocycles. The van der Waals surface area contributed by atoms with E-state index >= 15 is 0 Å². The second-order valence-corrected chi connectivity index (χ2v) is 18.7. The summed E-state index contributed by atoms with van der Waals surface area (Å²) in [5, 5.41) is 54.3. The zero-order valence-electron chi connectivity index (χ0n) is 40.4. The van der Waals surface area contributed by atoms with E-state index in [1.807, 2.05) is 6.08 Å². The Morgan fingerprint density at radius 3 is 1.35 bits per heavy atom. The zero-order chi connectivity index (χ0) is 45.1. The number of allylic oxidation sites excluding steroid dienone is 3. The van der Waals surface area contributed by atoms with Crippen molar-refractivity contribution in [3.8, 4) is 0 Å². The Kier molecular flexibility index (Phi) is 41.2. The van der Waals surface area contributed by atoms with Crippen LogP contribution in [0.4, 0.5) is 0 Å². The Bertz CT molecular complexity index is 1020. The molecule has 6 N–H and O–H groups in total. The molecule has 1 heterocycles. The Morgan fingerprint density at radius 1 is 0.532 bits per heavy atom. The van der Waals surface area contributed by atoms with Crippen LogP contribution in [0.2, 0.25) is 0 Å². The van der Waals surface area contributed by atoms with Crippen molar-refractivity contribution in [1.82, 2.24) is 5.32 Å². The number of hydrogen-bond acceptors (Lipinski definition) is 8. The van der Waals surface area contributed by atoms with Crippen molar-refractivity contribution in [3.05, 3.63) is 24.3 Å². The van der Waals surface area contributed by atoms with E-state index in [0.29, 0.717) is 6.42 Å². The molecule has 9 heteroatoms. The van der Waals surface area contributed by atoms with Crippen LogP contribution in [0.1, 0.15) is 251 Å². The van der Waals surface area contributed by atoms with Crippen LogP contribution >= 0.6 is 0 Å². The van der Waals surface area contributed by atoms with Gasteiger partial charge in [0.15, 0.2) is 6.29 Å². The number of rotatable bonds is 45. The number of hydrogen-bond donors (Lipinski definition) is 6. The van der Waals surface area contributed by atoms with Crippen LogP contribution in [0.15, 0.2) is 24.3 Å². The van der Waals surface area contributed by atoms with Crippen molar-refractivity contribution >= 4 is 5.91 Å². The Hall–Kier alpha value is -1.33. The lowest BCUT2D eigenvalue weighted by Crippen LogP contribution is -2.60. The summed E-state index contributed by atoms with van der Waals surface area (Å²) >= 11 is 0. The zero-order valence-corrected chi connectivity index (χ0v) is 40.4. The van der Waals surface area contributed by atoms with Crippen LogP contribution in [-0.4, -0.2) is 87.5 Å². The van der Waals surface area contributed by atoms with Gasteiger partial charge in [0, 0.05) is 6.42 Å². The van der Waals surface area contributed by atoms with Crippen LogP contribution < -0.4 is 5.32 Å². The highest BCUT2D eigenvalue weighted by molar-refractivity contribution is 5.76. The summed E-state index contributed by atoms with van der Waals surface area (Å²) in [5.41, 5.74) is 0. The van der Waals surface area contributed by atoms with Gasteiger partial charge in [-0.2, -0.15) is 0 Å². The topological polar surface area (TPSA) is 149 Å². The minimum absolute atomic E-state index is 0.182. The van der Waals surface area contributed by atoms with Crippen molar-refractivity contribution < 1.29 is 39.8 Å². The summed E-state index contributed by atoms with van der Waals surface area (Å²) in [6, 6.07) is -0.817. The second kappa shape index (κ2) is 43.6. The first-order chi connectivity index (χ1) is 30.3. The molecule has 0 aromatic rings. The third-order valence-corrected chi connectivity index (χ3v) is 12.8. The van der Waals surface area contributed by atoms with Gasteiger partial charge in [0.2, 0.25) is 5.91 Å². The molecule has 1 fully saturated rings. The van der Waals surface area contributed by atoms with E-state index in [4.69, 9.17) is 9.47 Å². The lowest BCUT2D eigenvalue weighted by atomic mass is 9.99. The normalized spacial score (nSPS) is 20.4. The molecule has 0 spiro atoms. The monoisotopic (exact) mass is 880 g/mol. The molecule has 62 heavy (non-hydrogen) atoms. The van der Waals surface area contributed by atoms with Crippen LogP contribution in [0, 0.1) is 0 Å². The predicted molar refractivity (Wildman–Crippen MR) is 258 cm³/mol. The van der Waals surface area contributed by atoms with E-state index in [1.54, 1.807) is 6.08 Å². The standard InChI is InChI=1S/C53H101NO8/c1-3-5-7-9-11-13-15-17-19-21-22-23-24-25-26-27-29-31-33-35-37-39-41-43-49(57)54-46(45-61-53-52(60)51(59)50(58)48(44-55)62-53)47(56)42-40-38-36-34-32-30-28-20-18-16-14-12-10-8-6-4-2/h32,34,40,42,46-48,50-53,55-56,58-60H,3-31,33,35-39,41,43-45H2,1-2H3,(H,54,57)/b34-32+,42-40+. The number of ether oxygens (including phenoxy) is 2. The van der Waals surface area contributed by atoms with E-state index in [-0.39, 0.29) is 12.5 Å². The van der Waals surface area contributed by atoms with Crippen molar-refractivity contribution in [3.63, 3.8) is 0 Å². The summed E-state index contributed by atoms with van der Waals surface area (Å²) in [6.07, 6.45) is 46.6. The minimum Gasteiger partial charge on any atom is -0.394 e. The number of aliphatic hydroxyl groups excluding tert-OH is 5. The number of nitrogens with one attached hydrogen (secondary N) is 1. The lowest BCUT2D eigenvalue weighted by Gasteiger charge is -2.40. The molecule has 0 bridgehead atoms. The molecule has 0 radical (unpaired) electrons. The number of carbonyl (C=O) groups is 1. The minimum atomic E-state index is -1.57. The van der Waals surface area contributed by atoms with Gasteiger partial charge in [-0.25, -0.2) is 0 Å². The maximum Gasteiger partial charge on any atom is 0.220 e. The van der Waals surface area contributed by atoms with Crippen molar-refractivity contribution in [1.29, 1.82) is 0 Å². The molecule has 7 unspecified atom stereocenters. The van der Waals surface area contributed by atoms with Gasteiger partial charge in [-0.05, 0) is 32.1 Å². The largest absolute Gasteiger partial charge is 0.394 e. The van der Waals surface area contributed by atoms with Gasteiger partial charge in [-0.15, -0.1) is 0 Å². The fourth-order valence-corrected chi connectivity index (χ4v) is 8.53. The van der Waals surface area contributed by atoms with Gasteiger partial charge in [-0.1, -0.05) is 237 Å². The van der Waals surface area contributed by atoms with Gasteiger partial charge >= 0.3 is 0 Å². The van der Waals surface area contributed by atoms with Crippen molar-refractivity contribution in [2.45, 2.75) is 294 Å². The number of amides is 1. The molecule has 1 aliphatic heterocycles. The third-order valence-electron chi connectivity index (χ3n) is 12.8. The molecular weight excluding hydrogens is 779 g/mol. The van der Waals surface area contributed by atoms with Crippen molar-refractivity contribution in [2.75, 3.05) is 13.2 Å². The molecule has 0 aliphatic carbocycles. The smallest absolute Gasteiger partial charge is 0.220 e. The quantitative estimate of drug-likeness (QED) is 0.0262. The molecule has 1 amide bonds. The molecule has 0 aromatic heterocycles. The first-order valence-electron chi connectivity index (χ1n) is 26.6. The summed E-state index contributed by atoms with van der Waals surface area (Å²) in [6.45, 7) is 3.78. The van der Waals surface area contributed by atoms with Crippen LogP contribution in [0.5, 0.6) is 0 Å². The second-order valence-electron chi connectivity index (χ2n) is 18.7. The maximum absolute atomic E-state index is 13.0. The van der Waals surface area contributed by atoms with Gasteiger partial charge < -0.3 is 40.3 Å². The highest BCUT2D eigenvalue weighted by atomic mass is 16.7. The Morgan fingerprint density at radius 2 is 0.919 bits per heavy atom. The van der Waals surface area contributed by atoms with Crippen LogP contribution in [0.25, 0.3) is 0 Å². The van der Waals surface area contributed by atoms with E-state index in [1.165, 1.54) is 193 Å². The molecule has 7 atom stereocenters. The molecule has 1 aliphatic rings. The highest BCUT2D eigenvalue weighted by Gasteiger charge is 2.44. The SMILES string of the molecule is CCCCCCCCCCCC/C=C/CC/C=C/C(O)C(COC1OC(CO)C(O)C(O)C1O)NC(=O)CCCCCCCCCCCCCCCCCCCCCCCCC. The third kappa shape index (κ3) is 33.2. The molecule has 366 valence electrons. The summed E-state index contributed by atoms with van der Waals surface area (Å²) in [5.74, 6) is -0.182. The van der Waals surface area contributed by atoms with Gasteiger partial charge in [0.1, 0.15) is 24.4 Å². The summed E-state index contributed by atoms with van der Waals surface area (Å²) in [7, 11) is 0. The lowest BCUT2D eigenvalue weighted by molar-refractivity contribution is -0.302. The number of unbranched alkanes of at least 4 members (excludes halogenated alkanes) is 33. The molecule has 1 rings (SSSR count). The van der Waals surface area contributed by atoms with E-state index in [2.05, 4.69) is 31.3 Å². The Balaban J connectivity index is 2.26. The van der Waals surface area contributed by atoms with E-state index in [0.717, 1.165) is 38.5 Å². The van der Waals surface area contributed by atoms with Crippen molar-refractivity contribution in [2.24, 2.45) is 0 Å². The number of aliphatic hydroxyl groups is 5. The summed E-state index contributed by atoms with van der Waals surface area (Å²) in [4.78, 5) is 13.0. The first kappa shape index (κ1) is 58.7. The summed E-state index contributed by atoms with van der Waals surface area (Å²) < 4.78 is 11.2. The Labute approximate surface area is 381 Å². The van der Waals surface area contributed by atoms with E-state index in [9.17, 15) is 30.3 Å². The number of carbonyl (C=O) groups excluding carboxylic acids is 1. The first-order valence-corrected chi connectivity index (χ1v) is 26.6. The van der Waals surface area contributed by atoms with Gasteiger partial charge in [0.25, 0.3) is 0 Å². The average molecular weight is 880 g/mol. The molecule has 0 saturated carbocycles.